The fraction of sp³-hybridized carbons (Fsp3) is 0.538. The van der Waals surface area contributed by atoms with E-state index >= 15 is 0 Å². The zero-order valence-corrected chi connectivity index (χ0v) is 11.2. The van der Waals surface area contributed by atoms with Gasteiger partial charge < -0.3 is 19.9 Å². The van der Waals surface area contributed by atoms with Crippen LogP contribution < -0.4 is 10.5 Å². The molecule has 1 rings (SSSR count). The highest BCUT2D eigenvalue weighted by Crippen LogP contribution is 2.30. The van der Waals surface area contributed by atoms with Crippen molar-refractivity contribution in [1.29, 1.82) is 0 Å². The average Bonchev–Trinajstić information content (AvgIpc) is 2.37. The Hall–Kier alpha value is -1.31. The monoisotopic (exact) mass is 293 g/mol. The third-order valence-corrected chi connectivity index (χ3v) is 2.55. The molecular weight excluding hydrogens is 275 g/mol. The van der Waals surface area contributed by atoms with Crippen molar-refractivity contribution >= 4 is 0 Å². The molecule has 0 radical (unpaired) electrons. The van der Waals surface area contributed by atoms with Crippen LogP contribution in [0.1, 0.15) is 18.0 Å². The zero-order valence-electron chi connectivity index (χ0n) is 11.2. The van der Waals surface area contributed by atoms with Crippen LogP contribution in [0.4, 0.5) is 13.2 Å². The normalized spacial score (nSPS) is 13.2. The summed E-state index contributed by atoms with van der Waals surface area (Å²) in [7, 11) is 1.56. The van der Waals surface area contributed by atoms with Crippen LogP contribution in [-0.2, 0) is 9.47 Å². The fourth-order valence-corrected chi connectivity index (χ4v) is 1.61. The summed E-state index contributed by atoms with van der Waals surface area (Å²) in [6.45, 7) is 1.22. The van der Waals surface area contributed by atoms with Crippen molar-refractivity contribution in [2.24, 2.45) is 5.73 Å². The van der Waals surface area contributed by atoms with Gasteiger partial charge in [-0.25, -0.2) is 0 Å². The van der Waals surface area contributed by atoms with E-state index in [0.29, 0.717) is 31.8 Å². The standard InChI is InChI=1S/C13H18F3NO3/c1-18-8-9-19-7-6-11(17)10-4-2-3-5-12(10)20-13(14,15)16/h2-5,11H,6-9,17H2,1H3. The Balaban J connectivity index is 2.56. The summed E-state index contributed by atoms with van der Waals surface area (Å²) >= 11 is 0. The highest BCUT2D eigenvalue weighted by Gasteiger charge is 2.32. The van der Waals surface area contributed by atoms with E-state index in [1.54, 1.807) is 13.2 Å². The molecule has 0 aliphatic carbocycles. The van der Waals surface area contributed by atoms with Crippen molar-refractivity contribution in [2.45, 2.75) is 18.8 Å². The van der Waals surface area contributed by atoms with Gasteiger partial charge in [-0.3, -0.25) is 0 Å². The molecule has 0 aromatic heterocycles. The summed E-state index contributed by atoms with van der Waals surface area (Å²) in [5.74, 6) is -0.274. The van der Waals surface area contributed by atoms with Crippen molar-refractivity contribution in [3.63, 3.8) is 0 Å². The van der Waals surface area contributed by atoms with Crippen LogP contribution in [0.3, 0.4) is 0 Å². The largest absolute Gasteiger partial charge is 0.573 e. The van der Waals surface area contributed by atoms with Crippen molar-refractivity contribution < 1.29 is 27.4 Å². The Kier molecular flexibility index (Phi) is 6.77. The Bertz CT molecular complexity index is 399. The van der Waals surface area contributed by atoms with Gasteiger partial charge in [0.25, 0.3) is 0 Å². The minimum absolute atomic E-state index is 0.274. The lowest BCUT2D eigenvalue weighted by atomic mass is 10.0. The number of para-hydroxylation sites is 1. The molecule has 0 amide bonds. The molecule has 0 aliphatic heterocycles. The lowest BCUT2D eigenvalue weighted by Gasteiger charge is -2.17. The third-order valence-electron chi connectivity index (χ3n) is 2.55. The highest BCUT2D eigenvalue weighted by atomic mass is 19.4. The summed E-state index contributed by atoms with van der Waals surface area (Å²) in [4.78, 5) is 0. The summed E-state index contributed by atoms with van der Waals surface area (Å²) in [5.41, 5.74) is 6.18. The Morgan fingerprint density at radius 3 is 2.50 bits per heavy atom. The van der Waals surface area contributed by atoms with E-state index in [2.05, 4.69) is 4.74 Å². The van der Waals surface area contributed by atoms with E-state index in [0.717, 1.165) is 0 Å². The molecule has 1 unspecified atom stereocenters. The number of hydrogen-bond acceptors (Lipinski definition) is 4. The molecule has 0 saturated heterocycles. The summed E-state index contributed by atoms with van der Waals surface area (Å²) in [6.07, 6.45) is -4.34. The molecule has 0 aliphatic rings. The number of rotatable bonds is 8. The number of nitrogens with two attached hydrogens (primary N) is 1. The summed E-state index contributed by atoms with van der Waals surface area (Å²) in [5, 5.41) is 0. The second-order valence-corrected chi connectivity index (χ2v) is 4.09. The summed E-state index contributed by atoms with van der Waals surface area (Å²) in [6, 6.07) is 5.25. The van der Waals surface area contributed by atoms with Gasteiger partial charge in [-0.05, 0) is 12.5 Å². The lowest BCUT2D eigenvalue weighted by Crippen LogP contribution is -2.21. The van der Waals surface area contributed by atoms with E-state index in [4.69, 9.17) is 15.2 Å². The molecule has 1 aromatic carbocycles. The van der Waals surface area contributed by atoms with Crippen molar-refractivity contribution in [3.8, 4) is 5.75 Å². The first-order chi connectivity index (χ1) is 9.44. The topological polar surface area (TPSA) is 53.7 Å². The Morgan fingerprint density at radius 2 is 1.85 bits per heavy atom. The van der Waals surface area contributed by atoms with Gasteiger partial charge in [-0.1, -0.05) is 18.2 Å². The molecule has 1 atom stereocenters. The van der Waals surface area contributed by atoms with Crippen LogP contribution in [0.2, 0.25) is 0 Å². The van der Waals surface area contributed by atoms with Gasteiger partial charge in [-0.2, -0.15) is 0 Å². The number of hydrogen-bond donors (Lipinski definition) is 1. The maximum absolute atomic E-state index is 12.3. The van der Waals surface area contributed by atoms with Gasteiger partial charge in [0, 0.05) is 25.3 Å². The average molecular weight is 293 g/mol. The minimum atomic E-state index is -4.73. The maximum atomic E-state index is 12.3. The van der Waals surface area contributed by atoms with Gasteiger partial charge in [0.2, 0.25) is 0 Å². The highest BCUT2D eigenvalue weighted by molar-refractivity contribution is 5.35. The molecule has 0 bridgehead atoms. The molecule has 0 spiro atoms. The molecule has 0 fully saturated rings. The van der Waals surface area contributed by atoms with Gasteiger partial charge in [0.1, 0.15) is 5.75 Å². The zero-order chi connectivity index (χ0) is 15.0. The second-order valence-electron chi connectivity index (χ2n) is 4.09. The first-order valence-corrected chi connectivity index (χ1v) is 6.11. The van der Waals surface area contributed by atoms with Gasteiger partial charge in [-0.15, -0.1) is 13.2 Å². The van der Waals surface area contributed by atoms with E-state index in [9.17, 15) is 13.2 Å². The van der Waals surface area contributed by atoms with Crippen LogP contribution in [0.5, 0.6) is 5.75 Å². The van der Waals surface area contributed by atoms with Crippen LogP contribution >= 0.6 is 0 Å². The predicted octanol–water partition coefficient (Wildman–Crippen LogP) is 2.64. The molecular formula is C13H18F3NO3. The molecule has 114 valence electrons. The Labute approximate surface area is 115 Å². The third kappa shape index (κ3) is 6.23. The van der Waals surface area contributed by atoms with Gasteiger partial charge in [0.05, 0.1) is 13.2 Å². The molecule has 0 heterocycles. The van der Waals surface area contributed by atoms with E-state index < -0.39 is 12.4 Å². The van der Waals surface area contributed by atoms with E-state index in [1.165, 1.54) is 18.2 Å². The van der Waals surface area contributed by atoms with Crippen LogP contribution in [0.15, 0.2) is 24.3 Å². The number of benzene rings is 1. The van der Waals surface area contributed by atoms with E-state index in [-0.39, 0.29) is 5.75 Å². The second kappa shape index (κ2) is 8.08. The van der Waals surface area contributed by atoms with Crippen molar-refractivity contribution in [3.05, 3.63) is 29.8 Å². The van der Waals surface area contributed by atoms with Crippen LogP contribution in [0, 0.1) is 0 Å². The molecule has 1 aromatic rings. The quantitative estimate of drug-likeness (QED) is 0.749. The predicted molar refractivity (Wildman–Crippen MR) is 67.4 cm³/mol. The Morgan fingerprint density at radius 1 is 1.15 bits per heavy atom. The van der Waals surface area contributed by atoms with Gasteiger partial charge >= 0.3 is 6.36 Å². The maximum Gasteiger partial charge on any atom is 0.573 e. The number of methoxy groups -OCH3 is 1. The first-order valence-electron chi connectivity index (χ1n) is 6.11. The minimum Gasteiger partial charge on any atom is -0.405 e. The number of alkyl halides is 3. The number of ether oxygens (including phenoxy) is 3. The van der Waals surface area contributed by atoms with Gasteiger partial charge in [0.15, 0.2) is 0 Å². The molecule has 7 heteroatoms. The SMILES string of the molecule is COCCOCCC(N)c1ccccc1OC(F)(F)F. The van der Waals surface area contributed by atoms with Crippen molar-refractivity contribution in [2.75, 3.05) is 26.9 Å². The summed E-state index contributed by atoms with van der Waals surface area (Å²) < 4.78 is 50.8. The lowest BCUT2D eigenvalue weighted by molar-refractivity contribution is -0.275. The molecule has 4 nitrogen and oxygen atoms in total. The van der Waals surface area contributed by atoms with Crippen molar-refractivity contribution in [1.82, 2.24) is 0 Å². The van der Waals surface area contributed by atoms with Crippen LogP contribution in [0.25, 0.3) is 0 Å². The molecule has 0 saturated carbocycles. The molecule has 2 N–H and O–H groups in total. The van der Waals surface area contributed by atoms with E-state index in [1.807, 2.05) is 0 Å². The fourth-order valence-electron chi connectivity index (χ4n) is 1.61. The molecule has 20 heavy (non-hydrogen) atoms. The first kappa shape index (κ1) is 16.7. The van der Waals surface area contributed by atoms with Crippen LogP contribution in [-0.4, -0.2) is 33.3 Å². The number of halogens is 3. The smallest absolute Gasteiger partial charge is 0.405 e.